The molecule has 0 radical (unpaired) electrons. The average molecular weight is 258 g/mol. The molecule has 0 aliphatic carbocycles. The zero-order valence-electron chi connectivity index (χ0n) is 9.60. The van der Waals surface area contributed by atoms with E-state index < -0.39 is 18.2 Å². The molecular weight excluding hydrogens is 242 g/mol. The van der Waals surface area contributed by atoms with Crippen molar-refractivity contribution >= 4 is 17.7 Å². The first-order valence-corrected chi connectivity index (χ1v) is 5.83. The Morgan fingerprint density at radius 1 is 1.47 bits per heavy atom. The molecule has 1 rings (SSSR count). The number of alkyl halides is 1. The fourth-order valence-electron chi connectivity index (χ4n) is 1.47. The van der Waals surface area contributed by atoms with Gasteiger partial charge in [-0.2, -0.15) is 0 Å². The Balaban J connectivity index is 2.67. The van der Waals surface area contributed by atoms with Crippen molar-refractivity contribution in [2.75, 3.05) is 13.0 Å². The molecule has 2 N–H and O–H groups in total. The highest BCUT2D eigenvalue weighted by Gasteiger charge is 2.21. The zero-order chi connectivity index (χ0) is 12.7. The van der Waals surface area contributed by atoms with Gasteiger partial charge in [0.25, 0.3) is 0 Å². The van der Waals surface area contributed by atoms with Crippen LogP contribution in [0.3, 0.4) is 0 Å². The van der Waals surface area contributed by atoms with Crippen LogP contribution in [0, 0.1) is 0 Å². The first-order chi connectivity index (χ1) is 8.17. The van der Waals surface area contributed by atoms with Crippen LogP contribution in [0.5, 0.6) is 0 Å². The molecule has 1 unspecified atom stereocenters. The van der Waals surface area contributed by atoms with Gasteiger partial charge in [0.15, 0.2) is 0 Å². The second kappa shape index (κ2) is 7.14. The number of benzene rings is 1. The molecule has 1 aromatic rings. The van der Waals surface area contributed by atoms with Gasteiger partial charge in [0.05, 0.1) is 25.1 Å². The third-order valence-corrected chi connectivity index (χ3v) is 2.73. The van der Waals surface area contributed by atoms with Crippen LogP contribution in [0.4, 0.5) is 4.79 Å². The molecule has 1 amide bonds. The molecule has 94 valence electrons. The van der Waals surface area contributed by atoms with E-state index in [1.165, 1.54) is 7.11 Å². The van der Waals surface area contributed by atoms with E-state index in [0.29, 0.717) is 6.42 Å². The highest BCUT2D eigenvalue weighted by atomic mass is 35.5. The molecule has 0 aromatic heterocycles. The van der Waals surface area contributed by atoms with Gasteiger partial charge in [-0.1, -0.05) is 30.3 Å². The Hall–Kier alpha value is -1.26. The lowest BCUT2D eigenvalue weighted by Crippen LogP contribution is -2.45. The summed E-state index contributed by atoms with van der Waals surface area (Å²) in [5.41, 5.74) is 1.01. The number of rotatable bonds is 5. The Morgan fingerprint density at radius 2 is 2.12 bits per heavy atom. The van der Waals surface area contributed by atoms with Crippen molar-refractivity contribution in [1.29, 1.82) is 0 Å². The predicted molar refractivity (Wildman–Crippen MR) is 66.2 cm³/mol. The van der Waals surface area contributed by atoms with Crippen LogP contribution in [0.1, 0.15) is 5.56 Å². The van der Waals surface area contributed by atoms with Crippen LogP contribution in [0.25, 0.3) is 0 Å². The molecule has 0 bridgehead atoms. The second-order valence-corrected chi connectivity index (χ2v) is 3.96. The molecule has 0 spiro atoms. The lowest BCUT2D eigenvalue weighted by molar-refractivity contribution is 0.127. The minimum Gasteiger partial charge on any atom is -0.453 e. The number of alkyl carbamates (subject to hydrolysis) is 1. The quantitative estimate of drug-likeness (QED) is 0.787. The number of carbonyl (C=O) groups excluding carboxylic acids is 1. The van der Waals surface area contributed by atoms with Crippen molar-refractivity contribution in [2.45, 2.75) is 18.6 Å². The normalized spacial score (nSPS) is 13.8. The summed E-state index contributed by atoms with van der Waals surface area (Å²) < 4.78 is 4.51. The van der Waals surface area contributed by atoms with E-state index in [1.807, 2.05) is 30.3 Å². The van der Waals surface area contributed by atoms with E-state index in [4.69, 9.17) is 11.6 Å². The van der Waals surface area contributed by atoms with Gasteiger partial charge < -0.3 is 15.2 Å². The number of aliphatic hydroxyl groups is 1. The maximum Gasteiger partial charge on any atom is 0.407 e. The molecule has 0 fully saturated rings. The molecular formula is C12H16ClNO3. The third kappa shape index (κ3) is 4.63. The van der Waals surface area contributed by atoms with Crippen LogP contribution >= 0.6 is 11.6 Å². The number of ether oxygens (including phenoxy) is 1. The van der Waals surface area contributed by atoms with E-state index in [-0.39, 0.29) is 5.88 Å². The van der Waals surface area contributed by atoms with Gasteiger partial charge >= 0.3 is 6.09 Å². The topological polar surface area (TPSA) is 58.6 Å². The van der Waals surface area contributed by atoms with Crippen molar-refractivity contribution in [3.8, 4) is 0 Å². The van der Waals surface area contributed by atoms with Gasteiger partial charge in [-0.3, -0.25) is 0 Å². The van der Waals surface area contributed by atoms with Crippen molar-refractivity contribution in [3.63, 3.8) is 0 Å². The maximum absolute atomic E-state index is 11.1. The summed E-state index contributed by atoms with van der Waals surface area (Å²) in [6.07, 6.45) is -0.879. The molecule has 2 atom stereocenters. The Morgan fingerprint density at radius 3 is 2.65 bits per heavy atom. The Labute approximate surface area is 106 Å². The molecule has 0 aliphatic heterocycles. The second-order valence-electron chi connectivity index (χ2n) is 3.65. The van der Waals surface area contributed by atoms with Crippen molar-refractivity contribution in [2.24, 2.45) is 0 Å². The SMILES string of the molecule is COC(=O)N[C@@H](Cc1ccccc1)C(O)CCl. The van der Waals surface area contributed by atoms with Gasteiger partial charge in [-0.25, -0.2) is 4.79 Å². The molecule has 1 aromatic carbocycles. The molecule has 0 saturated carbocycles. The molecule has 5 heteroatoms. The monoisotopic (exact) mass is 257 g/mol. The lowest BCUT2D eigenvalue weighted by Gasteiger charge is -2.22. The van der Waals surface area contributed by atoms with Crippen LogP contribution in [0.2, 0.25) is 0 Å². The summed E-state index contributed by atoms with van der Waals surface area (Å²) in [5, 5.41) is 12.3. The number of nitrogens with one attached hydrogen (secondary N) is 1. The highest BCUT2D eigenvalue weighted by molar-refractivity contribution is 6.18. The summed E-state index contributed by atoms with van der Waals surface area (Å²) in [5.74, 6) is 0.0570. The Bertz CT molecular complexity index is 345. The number of amides is 1. The van der Waals surface area contributed by atoms with Crippen molar-refractivity contribution < 1.29 is 14.6 Å². The number of halogens is 1. The first kappa shape index (κ1) is 13.8. The van der Waals surface area contributed by atoms with E-state index >= 15 is 0 Å². The molecule has 17 heavy (non-hydrogen) atoms. The molecule has 0 saturated heterocycles. The largest absolute Gasteiger partial charge is 0.453 e. The minimum atomic E-state index is -0.809. The maximum atomic E-state index is 11.1. The third-order valence-electron chi connectivity index (χ3n) is 2.41. The van der Waals surface area contributed by atoms with E-state index in [2.05, 4.69) is 10.1 Å². The minimum absolute atomic E-state index is 0.0570. The van der Waals surface area contributed by atoms with Crippen LogP contribution in [0.15, 0.2) is 30.3 Å². The number of methoxy groups -OCH3 is 1. The molecule has 4 nitrogen and oxygen atoms in total. The molecule has 0 heterocycles. The number of aliphatic hydroxyl groups excluding tert-OH is 1. The van der Waals surface area contributed by atoms with Crippen molar-refractivity contribution in [3.05, 3.63) is 35.9 Å². The first-order valence-electron chi connectivity index (χ1n) is 5.29. The van der Waals surface area contributed by atoms with Crippen LogP contribution in [-0.2, 0) is 11.2 Å². The van der Waals surface area contributed by atoms with Gasteiger partial charge in [-0.05, 0) is 12.0 Å². The fourth-order valence-corrected chi connectivity index (χ4v) is 1.68. The van der Waals surface area contributed by atoms with Gasteiger partial charge in [-0.15, -0.1) is 11.6 Å². The number of hydrogen-bond acceptors (Lipinski definition) is 3. The zero-order valence-corrected chi connectivity index (χ0v) is 10.4. The molecule has 0 aliphatic rings. The van der Waals surface area contributed by atoms with Crippen LogP contribution < -0.4 is 5.32 Å². The van der Waals surface area contributed by atoms with Gasteiger partial charge in [0.2, 0.25) is 0 Å². The standard InChI is InChI=1S/C12H16ClNO3/c1-17-12(16)14-10(11(15)8-13)7-9-5-3-2-4-6-9/h2-6,10-11,15H,7-8H2,1H3,(H,14,16)/t10-,11?/m0/s1. The summed E-state index contributed by atoms with van der Waals surface area (Å²) in [4.78, 5) is 11.1. The highest BCUT2D eigenvalue weighted by Crippen LogP contribution is 2.07. The summed E-state index contributed by atoms with van der Waals surface area (Å²) >= 11 is 5.60. The van der Waals surface area contributed by atoms with E-state index in [1.54, 1.807) is 0 Å². The van der Waals surface area contributed by atoms with Crippen LogP contribution in [-0.4, -0.2) is 36.3 Å². The average Bonchev–Trinajstić information content (AvgIpc) is 2.38. The predicted octanol–water partition coefficient (Wildman–Crippen LogP) is 1.55. The van der Waals surface area contributed by atoms with E-state index in [0.717, 1.165) is 5.56 Å². The summed E-state index contributed by atoms with van der Waals surface area (Å²) in [6, 6.07) is 9.10. The van der Waals surface area contributed by atoms with E-state index in [9.17, 15) is 9.90 Å². The summed E-state index contributed by atoms with van der Waals surface area (Å²) in [6.45, 7) is 0. The van der Waals surface area contributed by atoms with Crippen molar-refractivity contribution in [1.82, 2.24) is 5.32 Å². The van der Waals surface area contributed by atoms with Gasteiger partial charge in [0.1, 0.15) is 0 Å². The fraction of sp³-hybridized carbons (Fsp3) is 0.417. The lowest BCUT2D eigenvalue weighted by atomic mass is 10.0. The van der Waals surface area contributed by atoms with Gasteiger partial charge in [0, 0.05) is 0 Å². The Kier molecular flexibility index (Phi) is 5.80. The smallest absolute Gasteiger partial charge is 0.407 e. The number of hydrogen-bond donors (Lipinski definition) is 2. The summed E-state index contributed by atoms with van der Waals surface area (Å²) in [7, 11) is 1.28. The number of carbonyl (C=O) groups is 1.